The van der Waals surface area contributed by atoms with Crippen molar-refractivity contribution in [3.8, 4) is 22.1 Å². The van der Waals surface area contributed by atoms with Crippen LogP contribution in [0.4, 0.5) is 0 Å². The molecule has 4 nitrogen and oxygen atoms in total. The Morgan fingerprint density at radius 2 is 1.91 bits per heavy atom. The van der Waals surface area contributed by atoms with Crippen molar-refractivity contribution in [3.05, 3.63) is 37.8 Å². The van der Waals surface area contributed by atoms with E-state index in [1.807, 2.05) is 26.0 Å². The Kier molecular flexibility index (Phi) is 4.66. The van der Waals surface area contributed by atoms with Gasteiger partial charge in [-0.25, -0.2) is 4.98 Å². The summed E-state index contributed by atoms with van der Waals surface area (Å²) in [6.07, 6.45) is 3.89. The van der Waals surface area contributed by atoms with Crippen LogP contribution in [0.15, 0.2) is 16.9 Å². The third-order valence-electron chi connectivity index (χ3n) is 3.27. The van der Waals surface area contributed by atoms with Crippen molar-refractivity contribution in [2.45, 2.75) is 20.8 Å². The minimum Gasteiger partial charge on any atom is -0.491 e. The maximum Gasteiger partial charge on any atom is 0.228 e. The van der Waals surface area contributed by atoms with Gasteiger partial charge in [0, 0.05) is 10.1 Å². The average Bonchev–Trinajstić information content (AvgIpc) is 2.49. The predicted octanol–water partition coefficient (Wildman–Crippen LogP) is 2.09. The topological polar surface area (TPSA) is 48.4 Å². The smallest absolute Gasteiger partial charge is 0.228 e. The van der Waals surface area contributed by atoms with E-state index in [1.54, 1.807) is 6.92 Å². The van der Waals surface area contributed by atoms with Crippen LogP contribution < -0.4 is 24.8 Å². The lowest BCUT2D eigenvalue weighted by atomic mass is 10.1. The molecule has 0 saturated carbocycles. The first-order valence-corrected chi connectivity index (χ1v) is 7.65. The second-order valence-electron chi connectivity index (χ2n) is 4.94. The highest BCUT2D eigenvalue weighted by molar-refractivity contribution is 7.13. The molecule has 22 heavy (non-hydrogen) atoms. The van der Waals surface area contributed by atoms with Gasteiger partial charge in [-0.3, -0.25) is 4.79 Å². The van der Waals surface area contributed by atoms with Crippen LogP contribution in [0.25, 0.3) is 22.7 Å². The Hall–Kier alpha value is -2.14. The van der Waals surface area contributed by atoms with E-state index in [1.165, 1.54) is 25.6 Å². The fraction of sp³-hybridized carbons (Fsp3) is 0.294. The first kappa shape index (κ1) is 16.2. The lowest BCUT2D eigenvalue weighted by Crippen LogP contribution is -2.28. The van der Waals surface area contributed by atoms with E-state index in [9.17, 15) is 4.79 Å². The van der Waals surface area contributed by atoms with Gasteiger partial charge in [-0.1, -0.05) is 18.2 Å². The summed E-state index contributed by atoms with van der Waals surface area (Å²) in [5, 5.41) is 0.811. The molecule has 0 aromatic rings. The van der Waals surface area contributed by atoms with E-state index < -0.39 is 0 Å². The van der Waals surface area contributed by atoms with Crippen LogP contribution >= 0.6 is 11.3 Å². The van der Waals surface area contributed by atoms with Gasteiger partial charge < -0.3 is 9.47 Å². The number of ether oxygens (including phenoxy) is 2. The lowest BCUT2D eigenvalue weighted by Gasteiger charge is -2.15. The summed E-state index contributed by atoms with van der Waals surface area (Å²) in [6, 6.07) is 0. The van der Waals surface area contributed by atoms with Gasteiger partial charge in [-0.05, 0) is 26.8 Å². The summed E-state index contributed by atoms with van der Waals surface area (Å²) in [5.74, 6) is 0.574. The van der Waals surface area contributed by atoms with Crippen molar-refractivity contribution in [2.24, 2.45) is 0 Å². The number of hydrogen-bond donors (Lipinski definition) is 0. The predicted molar refractivity (Wildman–Crippen MR) is 91.5 cm³/mol. The number of allylic oxidation sites excluding steroid dienone is 1. The number of aromatic nitrogens is 1. The van der Waals surface area contributed by atoms with E-state index >= 15 is 0 Å². The molecule has 1 aliphatic heterocycles. The number of rotatable bonds is 3. The summed E-state index contributed by atoms with van der Waals surface area (Å²) in [7, 11) is 2.98. The Labute approximate surface area is 133 Å². The Morgan fingerprint density at radius 1 is 1.27 bits per heavy atom. The first-order chi connectivity index (χ1) is 10.4. The molecule has 5 heteroatoms. The molecule has 0 atom stereocenters. The summed E-state index contributed by atoms with van der Waals surface area (Å²) in [6.45, 7) is 9.55. The Balaban J connectivity index is 3.10. The summed E-state index contributed by atoms with van der Waals surface area (Å²) in [5.41, 5.74) is 2.00. The molecule has 0 fully saturated rings. The molecule has 0 N–H and O–H groups in total. The standard InChI is InChI=1S/C17H19NO3S/c1-7-12-11(8-9(2)3)18-13-15(20-5)16(21-6)14(19)10(4)17(13)22-12/h7-8H,2H2,1,3-6H3/b11-8+,12-7+. The molecule has 0 spiro atoms. The third kappa shape index (κ3) is 2.64. The van der Waals surface area contributed by atoms with E-state index in [4.69, 9.17) is 9.47 Å². The highest BCUT2D eigenvalue weighted by Gasteiger charge is 2.23. The fourth-order valence-electron chi connectivity index (χ4n) is 2.25. The molecule has 1 heterocycles. The van der Waals surface area contributed by atoms with E-state index in [2.05, 4.69) is 11.6 Å². The third-order valence-corrected chi connectivity index (χ3v) is 4.64. The largest absolute Gasteiger partial charge is 0.491 e. The van der Waals surface area contributed by atoms with E-state index in [0.29, 0.717) is 17.0 Å². The van der Waals surface area contributed by atoms with Crippen molar-refractivity contribution in [2.75, 3.05) is 14.2 Å². The average molecular weight is 317 g/mol. The number of benzene rings is 1. The first-order valence-electron chi connectivity index (χ1n) is 6.83. The van der Waals surface area contributed by atoms with Gasteiger partial charge in [-0.15, -0.1) is 11.3 Å². The minimum atomic E-state index is -0.163. The summed E-state index contributed by atoms with van der Waals surface area (Å²) < 4.78 is 11.6. The molecule has 0 aromatic carbocycles. The van der Waals surface area contributed by atoms with E-state index in [-0.39, 0.29) is 11.2 Å². The van der Waals surface area contributed by atoms with Gasteiger partial charge in [0.15, 0.2) is 5.75 Å². The molecule has 0 aromatic heterocycles. The molecule has 2 aliphatic rings. The second-order valence-corrected chi connectivity index (χ2v) is 5.99. The summed E-state index contributed by atoms with van der Waals surface area (Å²) in [4.78, 5) is 17.9. The molecular formula is C17H19NO3S. The van der Waals surface area contributed by atoms with Gasteiger partial charge in [0.05, 0.1) is 24.4 Å². The second kappa shape index (κ2) is 6.32. The SMILES string of the molecule is C=C(C)/C=c1/nc2c(OC)c(OC)c(=O)c(C)c-2s/c1=C/C. The fourth-order valence-corrected chi connectivity index (χ4v) is 3.28. The molecule has 0 bridgehead atoms. The Bertz CT molecular complexity index is 880. The molecule has 0 radical (unpaired) electrons. The minimum absolute atomic E-state index is 0.163. The van der Waals surface area contributed by atoms with Crippen LogP contribution in [0.1, 0.15) is 19.4 Å². The number of methoxy groups -OCH3 is 2. The van der Waals surface area contributed by atoms with Gasteiger partial charge in [0.25, 0.3) is 0 Å². The molecule has 0 amide bonds. The highest BCUT2D eigenvalue weighted by Crippen LogP contribution is 2.37. The van der Waals surface area contributed by atoms with Crippen LogP contribution in [0.5, 0.6) is 11.5 Å². The van der Waals surface area contributed by atoms with Crippen LogP contribution in [0, 0.1) is 6.92 Å². The lowest BCUT2D eigenvalue weighted by molar-refractivity contribution is 0.352. The van der Waals surface area contributed by atoms with Crippen LogP contribution in [0.3, 0.4) is 0 Å². The van der Waals surface area contributed by atoms with Crippen molar-refractivity contribution < 1.29 is 9.47 Å². The van der Waals surface area contributed by atoms with Gasteiger partial charge >= 0.3 is 0 Å². The molecule has 0 saturated heterocycles. The zero-order chi connectivity index (χ0) is 16.4. The van der Waals surface area contributed by atoms with Gasteiger partial charge in [0.1, 0.15) is 5.69 Å². The Morgan fingerprint density at radius 3 is 2.41 bits per heavy atom. The molecule has 0 unspecified atom stereocenters. The van der Waals surface area contributed by atoms with Gasteiger partial charge in [0.2, 0.25) is 11.2 Å². The number of nitrogens with zero attached hydrogens (tertiary/aromatic N) is 1. The zero-order valence-electron chi connectivity index (χ0n) is 13.4. The summed E-state index contributed by atoms with van der Waals surface area (Å²) >= 11 is 1.52. The van der Waals surface area contributed by atoms with Crippen molar-refractivity contribution in [1.29, 1.82) is 0 Å². The number of fused-ring (bicyclic) bond motifs is 1. The van der Waals surface area contributed by atoms with Crippen LogP contribution in [0.2, 0.25) is 0 Å². The maximum absolute atomic E-state index is 12.4. The van der Waals surface area contributed by atoms with Crippen LogP contribution in [-0.2, 0) is 0 Å². The van der Waals surface area contributed by atoms with Gasteiger partial charge in [-0.2, -0.15) is 0 Å². The quantitative estimate of drug-likeness (QED) is 0.870. The molecule has 2 rings (SSSR count). The maximum atomic E-state index is 12.4. The van der Waals surface area contributed by atoms with Crippen LogP contribution in [-0.4, -0.2) is 19.2 Å². The van der Waals surface area contributed by atoms with Crippen molar-refractivity contribution in [3.63, 3.8) is 0 Å². The number of hydrogen-bond acceptors (Lipinski definition) is 5. The van der Waals surface area contributed by atoms with Crippen molar-refractivity contribution >= 4 is 23.5 Å². The highest BCUT2D eigenvalue weighted by atomic mass is 32.1. The normalized spacial score (nSPS) is 12.8. The molecular weight excluding hydrogens is 298 g/mol. The zero-order valence-corrected chi connectivity index (χ0v) is 14.3. The monoisotopic (exact) mass is 317 g/mol. The van der Waals surface area contributed by atoms with Crippen molar-refractivity contribution in [1.82, 2.24) is 4.98 Å². The molecule has 116 valence electrons. The van der Waals surface area contributed by atoms with E-state index in [0.717, 1.165) is 20.3 Å². The molecule has 1 aliphatic carbocycles.